The van der Waals surface area contributed by atoms with E-state index in [1.54, 1.807) is 18.2 Å². The third-order valence-corrected chi connectivity index (χ3v) is 10.1. The van der Waals surface area contributed by atoms with Crippen molar-refractivity contribution < 1.29 is 16.8 Å². The van der Waals surface area contributed by atoms with Gasteiger partial charge in [-0.2, -0.15) is 13.1 Å². The standard InChI is InChI=1S/C15H15N3O4S4/c19-25(20)10-8-18(7-6-13(25)12-4-2-9-23-12)26(21,22)14-5-1-3-11-15(14)17-24-16-11/h1-5,9,13H,6-8,10H2. The summed E-state index contributed by atoms with van der Waals surface area (Å²) in [4.78, 5) is 0.839. The second kappa shape index (κ2) is 6.64. The van der Waals surface area contributed by atoms with Crippen molar-refractivity contribution in [3.05, 3.63) is 40.6 Å². The molecular formula is C15H15N3O4S4. The van der Waals surface area contributed by atoms with E-state index in [9.17, 15) is 16.8 Å². The molecule has 0 amide bonds. The first-order chi connectivity index (χ1) is 12.4. The molecule has 0 aliphatic carbocycles. The van der Waals surface area contributed by atoms with Gasteiger partial charge < -0.3 is 0 Å². The molecule has 138 valence electrons. The molecule has 3 heterocycles. The third-order valence-electron chi connectivity index (χ3n) is 4.43. The van der Waals surface area contributed by atoms with E-state index in [4.69, 9.17) is 0 Å². The summed E-state index contributed by atoms with van der Waals surface area (Å²) >= 11 is 2.34. The average Bonchev–Trinajstić information content (AvgIpc) is 3.25. The van der Waals surface area contributed by atoms with E-state index < -0.39 is 25.1 Å². The number of fused-ring (bicyclic) bond motifs is 1. The topological polar surface area (TPSA) is 97.3 Å². The second-order valence-corrected chi connectivity index (χ2v) is 11.7. The lowest BCUT2D eigenvalue weighted by Gasteiger charge is -2.19. The number of sulfonamides is 1. The lowest BCUT2D eigenvalue weighted by molar-refractivity contribution is 0.429. The molecule has 0 N–H and O–H groups in total. The maximum Gasteiger partial charge on any atom is 0.245 e. The van der Waals surface area contributed by atoms with Crippen LogP contribution in [0.2, 0.25) is 0 Å². The zero-order valence-corrected chi connectivity index (χ0v) is 16.7. The molecule has 26 heavy (non-hydrogen) atoms. The Labute approximate surface area is 159 Å². The summed E-state index contributed by atoms with van der Waals surface area (Å²) < 4.78 is 61.0. The molecule has 0 spiro atoms. The fourth-order valence-electron chi connectivity index (χ4n) is 3.09. The zero-order chi connectivity index (χ0) is 18.4. The van der Waals surface area contributed by atoms with Crippen LogP contribution in [0.5, 0.6) is 0 Å². The number of rotatable bonds is 3. The van der Waals surface area contributed by atoms with Gasteiger partial charge in [-0.1, -0.05) is 12.1 Å². The minimum atomic E-state index is -3.85. The summed E-state index contributed by atoms with van der Waals surface area (Å²) in [6, 6.07) is 8.43. The van der Waals surface area contributed by atoms with Crippen LogP contribution in [0.15, 0.2) is 40.6 Å². The van der Waals surface area contributed by atoms with E-state index >= 15 is 0 Å². The first-order valence-electron chi connectivity index (χ1n) is 7.86. The van der Waals surface area contributed by atoms with Gasteiger partial charge in [0.1, 0.15) is 15.9 Å². The zero-order valence-electron chi connectivity index (χ0n) is 13.5. The van der Waals surface area contributed by atoms with Gasteiger partial charge in [0.25, 0.3) is 0 Å². The van der Waals surface area contributed by atoms with Crippen LogP contribution in [-0.2, 0) is 19.9 Å². The van der Waals surface area contributed by atoms with Gasteiger partial charge in [-0.05, 0) is 30.0 Å². The van der Waals surface area contributed by atoms with Gasteiger partial charge in [-0.25, -0.2) is 16.8 Å². The Morgan fingerprint density at radius 3 is 2.73 bits per heavy atom. The molecule has 1 aliphatic heterocycles. The van der Waals surface area contributed by atoms with Crippen LogP contribution in [0.4, 0.5) is 0 Å². The van der Waals surface area contributed by atoms with Gasteiger partial charge in [0.05, 0.1) is 22.7 Å². The molecule has 4 rings (SSSR count). The van der Waals surface area contributed by atoms with E-state index in [1.165, 1.54) is 21.7 Å². The van der Waals surface area contributed by atoms with Crippen LogP contribution >= 0.6 is 23.1 Å². The number of sulfone groups is 1. The monoisotopic (exact) mass is 429 g/mol. The lowest BCUT2D eigenvalue weighted by atomic mass is 10.2. The van der Waals surface area contributed by atoms with Crippen molar-refractivity contribution in [1.29, 1.82) is 0 Å². The van der Waals surface area contributed by atoms with Gasteiger partial charge >= 0.3 is 0 Å². The van der Waals surface area contributed by atoms with E-state index in [2.05, 4.69) is 8.75 Å². The largest absolute Gasteiger partial charge is 0.245 e. The molecule has 1 aliphatic rings. The first kappa shape index (κ1) is 18.0. The molecular weight excluding hydrogens is 414 g/mol. The van der Waals surface area contributed by atoms with Crippen LogP contribution in [-0.4, -0.2) is 48.7 Å². The minimum absolute atomic E-state index is 0.0551. The van der Waals surface area contributed by atoms with Crippen molar-refractivity contribution in [2.45, 2.75) is 16.6 Å². The lowest BCUT2D eigenvalue weighted by Crippen LogP contribution is -2.33. The fraction of sp³-hybridized carbons (Fsp3) is 0.333. The molecule has 7 nitrogen and oxygen atoms in total. The third kappa shape index (κ3) is 3.07. The SMILES string of the molecule is O=S1(=O)CCN(S(=O)(=O)c2cccc3nsnc23)CCC1c1cccs1. The molecule has 0 bridgehead atoms. The van der Waals surface area contributed by atoms with E-state index in [1.807, 2.05) is 11.4 Å². The Balaban J connectivity index is 1.70. The maximum absolute atomic E-state index is 13.1. The van der Waals surface area contributed by atoms with Gasteiger partial charge in [-0.15, -0.1) is 11.3 Å². The molecule has 2 aromatic heterocycles. The van der Waals surface area contributed by atoms with Crippen LogP contribution in [0, 0.1) is 0 Å². The van der Waals surface area contributed by atoms with Crippen molar-refractivity contribution >= 4 is 54.0 Å². The van der Waals surface area contributed by atoms with Crippen LogP contribution in [0.3, 0.4) is 0 Å². The summed E-state index contributed by atoms with van der Waals surface area (Å²) in [7, 11) is -7.26. The van der Waals surface area contributed by atoms with Gasteiger partial charge in [0.2, 0.25) is 10.0 Å². The highest BCUT2D eigenvalue weighted by molar-refractivity contribution is 7.92. The number of hydrogen-bond donors (Lipinski definition) is 0. The first-order valence-corrected chi connectivity index (χ1v) is 12.6. The Bertz CT molecular complexity index is 1140. The van der Waals surface area contributed by atoms with Gasteiger partial charge in [0.15, 0.2) is 9.84 Å². The number of hydrogen-bond acceptors (Lipinski definition) is 8. The number of nitrogens with zero attached hydrogens (tertiary/aromatic N) is 3. The molecule has 1 unspecified atom stereocenters. The number of thiophene rings is 1. The predicted octanol–water partition coefficient (Wildman–Crippen LogP) is 2.30. The van der Waals surface area contributed by atoms with Crippen LogP contribution < -0.4 is 0 Å². The smallest absolute Gasteiger partial charge is 0.228 e. The Morgan fingerprint density at radius 1 is 1.12 bits per heavy atom. The minimum Gasteiger partial charge on any atom is -0.228 e. The highest BCUT2D eigenvalue weighted by atomic mass is 32.2. The molecule has 1 fully saturated rings. The molecule has 1 aromatic carbocycles. The van der Waals surface area contributed by atoms with Gasteiger partial charge in [-0.3, -0.25) is 0 Å². The highest BCUT2D eigenvalue weighted by Gasteiger charge is 2.36. The average molecular weight is 430 g/mol. The molecule has 1 atom stereocenters. The quantitative estimate of drug-likeness (QED) is 0.634. The van der Waals surface area contributed by atoms with Crippen LogP contribution in [0.25, 0.3) is 11.0 Å². The summed E-state index contributed by atoms with van der Waals surface area (Å²) in [5.74, 6) is -0.194. The highest BCUT2D eigenvalue weighted by Crippen LogP contribution is 2.34. The van der Waals surface area contributed by atoms with Crippen molar-refractivity contribution in [2.75, 3.05) is 18.8 Å². The summed E-state index contributed by atoms with van der Waals surface area (Å²) in [5, 5.41) is 1.18. The van der Waals surface area contributed by atoms with Crippen LogP contribution in [0.1, 0.15) is 16.5 Å². The second-order valence-electron chi connectivity index (χ2n) is 5.95. The van der Waals surface area contributed by atoms with Gasteiger partial charge in [0, 0.05) is 18.0 Å². The van der Waals surface area contributed by atoms with Crippen molar-refractivity contribution in [2.24, 2.45) is 0 Å². The molecule has 11 heteroatoms. The normalized spacial score (nSPS) is 21.6. The summed E-state index contributed by atoms with van der Waals surface area (Å²) in [6.45, 7) is 0.0958. The summed E-state index contributed by atoms with van der Waals surface area (Å²) in [5.41, 5.74) is 0.856. The van der Waals surface area contributed by atoms with E-state index in [0.29, 0.717) is 11.0 Å². The molecule has 0 saturated carbocycles. The number of benzene rings is 1. The molecule has 1 saturated heterocycles. The molecule has 3 aromatic rings. The van der Waals surface area contributed by atoms with E-state index in [0.717, 1.165) is 16.6 Å². The Hall–Kier alpha value is -1.40. The van der Waals surface area contributed by atoms with E-state index in [-0.39, 0.29) is 30.2 Å². The predicted molar refractivity (Wildman–Crippen MR) is 102 cm³/mol. The summed E-state index contributed by atoms with van der Waals surface area (Å²) in [6.07, 6.45) is 0.243. The fourth-order valence-corrected chi connectivity index (χ4v) is 8.41. The Kier molecular flexibility index (Phi) is 4.59. The van der Waals surface area contributed by atoms with Crippen molar-refractivity contribution in [3.8, 4) is 0 Å². The molecule has 0 radical (unpaired) electrons. The van der Waals surface area contributed by atoms with Crippen molar-refractivity contribution in [1.82, 2.24) is 13.1 Å². The van der Waals surface area contributed by atoms with Crippen molar-refractivity contribution in [3.63, 3.8) is 0 Å². The Morgan fingerprint density at radius 2 is 1.96 bits per heavy atom. The number of aromatic nitrogens is 2. The maximum atomic E-state index is 13.1.